The molecule has 8 heteroatoms. The number of H-pyrrole nitrogens is 1. The average Bonchev–Trinajstić information content (AvgIpc) is 2.71. The number of carboxylic acids is 2. The van der Waals surface area contributed by atoms with Gasteiger partial charge in [0.1, 0.15) is 6.04 Å². The van der Waals surface area contributed by atoms with E-state index in [2.05, 4.69) is 15.4 Å². The molecular formula is C7H12N4O4. The van der Waals surface area contributed by atoms with Gasteiger partial charge in [0.2, 0.25) is 0 Å². The predicted octanol–water partition coefficient (Wildman–Crippen LogP) is -0.932. The molecule has 15 heavy (non-hydrogen) atoms. The number of hydrogen-bond acceptors (Lipinski definition) is 5. The van der Waals surface area contributed by atoms with Crippen LogP contribution in [0.2, 0.25) is 0 Å². The summed E-state index contributed by atoms with van der Waals surface area (Å²) in [4.78, 5) is 19.9. The quantitative estimate of drug-likeness (QED) is 0.509. The highest BCUT2D eigenvalue weighted by molar-refractivity contribution is 5.74. The van der Waals surface area contributed by atoms with Crippen molar-refractivity contribution in [2.75, 3.05) is 0 Å². The molecule has 0 aromatic carbocycles. The van der Waals surface area contributed by atoms with Crippen molar-refractivity contribution in [3.8, 4) is 0 Å². The first-order chi connectivity index (χ1) is 7.04. The second-order valence-corrected chi connectivity index (χ2v) is 2.53. The van der Waals surface area contributed by atoms with E-state index in [4.69, 9.17) is 15.9 Å². The van der Waals surface area contributed by atoms with Gasteiger partial charge in [0.05, 0.1) is 12.4 Å². The van der Waals surface area contributed by atoms with Crippen molar-refractivity contribution < 1.29 is 19.8 Å². The molecule has 0 saturated carbocycles. The van der Waals surface area contributed by atoms with Crippen LogP contribution < -0.4 is 5.73 Å². The number of hydrogen-bond donors (Lipinski definition) is 4. The van der Waals surface area contributed by atoms with Gasteiger partial charge in [0.15, 0.2) is 0 Å². The Morgan fingerprint density at radius 1 is 1.33 bits per heavy atom. The lowest BCUT2D eigenvalue weighted by molar-refractivity contribution is -0.139. The van der Waals surface area contributed by atoms with Crippen LogP contribution in [0.1, 0.15) is 12.8 Å². The van der Waals surface area contributed by atoms with E-state index in [0.717, 1.165) is 0 Å². The number of aromatic amines is 1. The van der Waals surface area contributed by atoms with Crippen molar-refractivity contribution in [2.45, 2.75) is 18.9 Å². The van der Waals surface area contributed by atoms with Crippen LogP contribution in [0, 0.1) is 0 Å². The summed E-state index contributed by atoms with van der Waals surface area (Å²) in [5.41, 5.74) is 5.00. The Kier molecular flexibility index (Phi) is 6.47. The summed E-state index contributed by atoms with van der Waals surface area (Å²) in [6.07, 6.45) is 2.94. The molecule has 1 aromatic rings. The number of aromatic nitrogens is 3. The van der Waals surface area contributed by atoms with Gasteiger partial charge < -0.3 is 15.9 Å². The van der Waals surface area contributed by atoms with Gasteiger partial charge in [-0.15, -0.1) is 0 Å². The van der Waals surface area contributed by atoms with Crippen LogP contribution in [-0.2, 0) is 9.59 Å². The summed E-state index contributed by atoms with van der Waals surface area (Å²) in [6.45, 7) is 0. The predicted molar refractivity (Wildman–Crippen MR) is 48.9 cm³/mol. The number of rotatable bonds is 4. The Hall–Kier alpha value is -1.96. The SMILES string of the molecule is N[C@@H](CCC(=O)O)C(=O)O.c1cn[nH]n1. The zero-order valence-electron chi connectivity index (χ0n) is 7.83. The van der Waals surface area contributed by atoms with Crippen molar-refractivity contribution in [3.05, 3.63) is 12.4 Å². The van der Waals surface area contributed by atoms with Crippen LogP contribution in [-0.4, -0.2) is 43.6 Å². The van der Waals surface area contributed by atoms with Gasteiger partial charge >= 0.3 is 11.9 Å². The fraction of sp³-hybridized carbons (Fsp3) is 0.429. The molecule has 0 aliphatic rings. The third kappa shape index (κ3) is 8.37. The van der Waals surface area contributed by atoms with Crippen LogP contribution in [0.4, 0.5) is 0 Å². The first-order valence-corrected chi connectivity index (χ1v) is 4.04. The second kappa shape index (κ2) is 7.44. The maximum absolute atomic E-state index is 9.99. The Morgan fingerprint density at radius 3 is 2.13 bits per heavy atom. The van der Waals surface area contributed by atoms with E-state index in [9.17, 15) is 9.59 Å². The molecule has 0 bridgehead atoms. The molecule has 5 N–H and O–H groups in total. The first kappa shape index (κ1) is 13.0. The van der Waals surface area contributed by atoms with E-state index in [-0.39, 0.29) is 12.8 Å². The third-order valence-electron chi connectivity index (χ3n) is 1.32. The number of nitrogens with one attached hydrogen (secondary N) is 1. The maximum Gasteiger partial charge on any atom is 0.320 e. The Labute approximate surface area is 85.1 Å². The van der Waals surface area contributed by atoms with Gasteiger partial charge in [-0.3, -0.25) is 9.59 Å². The van der Waals surface area contributed by atoms with Crippen LogP contribution in [0.25, 0.3) is 0 Å². The molecule has 1 atom stereocenters. The molecule has 0 saturated heterocycles. The van der Waals surface area contributed by atoms with Crippen molar-refractivity contribution in [1.29, 1.82) is 0 Å². The van der Waals surface area contributed by atoms with Gasteiger partial charge in [-0.25, -0.2) is 0 Å². The van der Waals surface area contributed by atoms with Gasteiger partial charge in [-0.1, -0.05) is 0 Å². The molecule has 84 valence electrons. The van der Waals surface area contributed by atoms with Crippen molar-refractivity contribution in [1.82, 2.24) is 15.4 Å². The summed E-state index contributed by atoms with van der Waals surface area (Å²) in [5, 5.41) is 25.6. The van der Waals surface area contributed by atoms with E-state index in [1.807, 2.05) is 0 Å². The molecule has 0 aliphatic heterocycles. The van der Waals surface area contributed by atoms with E-state index < -0.39 is 18.0 Å². The molecule has 0 fully saturated rings. The number of aliphatic carboxylic acids is 2. The van der Waals surface area contributed by atoms with Gasteiger partial charge in [-0.2, -0.15) is 15.4 Å². The number of nitrogens with two attached hydrogens (primary N) is 1. The standard InChI is InChI=1S/C5H9NO4.C2H3N3/c6-3(5(9)10)1-2-4(7)8;1-2-4-5-3-1/h3H,1-2,6H2,(H,7,8)(H,9,10);1-2H,(H,3,4,5)/t3-;/m0./s1. The minimum absolute atomic E-state index is 0.0231. The maximum atomic E-state index is 9.99. The normalized spacial score (nSPS) is 11.0. The van der Waals surface area contributed by atoms with Gasteiger partial charge in [0.25, 0.3) is 0 Å². The van der Waals surface area contributed by atoms with E-state index in [0.29, 0.717) is 0 Å². The average molecular weight is 216 g/mol. The van der Waals surface area contributed by atoms with E-state index >= 15 is 0 Å². The smallest absolute Gasteiger partial charge is 0.320 e. The van der Waals surface area contributed by atoms with Crippen molar-refractivity contribution in [2.24, 2.45) is 5.73 Å². The summed E-state index contributed by atoms with van der Waals surface area (Å²) in [5.74, 6) is -2.20. The molecule has 0 amide bonds. The summed E-state index contributed by atoms with van der Waals surface area (Å²) in [6, 6.07) is -1.06. The van der Waals surface area contributed by atoms with Crippen LogP contribution in [0.5, 0.6) is 0 Å². The number of nitrogens with zero attached hydrogens (tertiary/aromatic N) is 2. The molecule has 1 rings (SSSR count). The Morgan fingerprint density at radius 2 is 1.87 bits per heavy atom. The minimum Gasteiger partial charge on any atom is -0.481 e. The molecular weight excluding hydrogens is 204 g/mol. The molecule has 1 aromatic heterocycles. The fourth-order valence-corrected chi connectivity index (χ4v) is 0.569. The van der Waals surface area contributed by atoms with E-state index in [1.165, 1.54) is 0 Å². The van der Waals surface area contributed by atoms with Crippen LogP contribution in [0.3, 0.4) is 0 Å². The largest absolute Gasteiger partial charge is 0.481 e. The number of carboxylic acid groups (broad SMARTS) is 2. The Balaban J connectivity index is 0.000000322. The highest BCUT2D eigenvalue weighted by Crippen LogP contribution is 1.93. The molecule has 0 radical (unpaired) electrons. The lowest BCUT2D eigenvalue weighted by Crippen LogP contribution is -2.30. The van der Waals surface area contributed by atoms with Gasteiger partial charge in [0, 0.05) is 6.42 Å². The number of carbonyl (C=O) groups is 2. The third-order valence-corrected chi connectivity index (χ3v) is 1.32. The summed E-state index contributed by atoms with van der Waals surface area (Å²) < 4.78 is 0. The zero-order valence-corrected chi connectivity index (χ0v) is 7.83. The topological polar surface area (TPSA) is 142 Å². The molecule has 8 nitrogen and oxygen atoms in total. The van der Waals surface area contributed by atoms with E-state index in [1.54, 1.807) is 12.4 Å². The van der Waals surface area contributed by atoms with Crippen molar-refractivity contribution >= 4 is 11.9 Å². The molecule has 1 heterocycles. The zero-order chi connectivity index (χ0) is 11.7. The lowest BCUT2D eigenvalue weighted by atomic mass is 10.2. The van der Waals surface area contributed by atoms with Crippen LogP contribution >= 0.6 is 0 Å². The fourth-order valence-electron chi connectivity index (χ4n) is 0.569. The molecule has 0 spiro atoms. The highest BCUT2D eigenvalue weighted by atomic mass is 16.4. The van der Waals surface area contributed by atoms with Crippen molar-refractivity contribution in [3.63, 3.8) is 0 Å². The lowest BCUT2D eigenvalue weighted by Gasteiger charge is -2.01. The second-order valence-electron chi connectivity index (χ2n) is 2.53. The molecule has 0 aliphatic carbocycles. The summed E-state index contributed by atoms with van der Waals surface area (Å²) >= 11 is 0. The summed E-state index contributed by atoms with van der Waals surface area (Å²) in [7, 11) is 0. The minimum atomic E-state index is -1.17. The first-order valence-electron chi connectivity index (χ1n) is 4.04. The molecule has 0 unspecified atom stereocenters. The van der Waals surface area contributed by atoms with Gasteiger partial charge in [-0.05, 0) is 6.42 Å². The highest BCUT2D eigenvalue weighted by Gasteiger charge is 2.12. The Bertz CT molecular complexity index is 270. The monoisotopic (exact) mass is 216 g/mol. The van der Waals surface area contributed by atoms with Crippen LogP contribution in [0.15, 0.2) is 12.4 Å².